The van der Waals surface area contributed by atoms with Crippen LogP contribution in [-0.2, 0) is 0 Å². The van der Waals surface area contributed by atoms with Gasteiger partial charge < -0.3 is 5.11 Å². The molecule has 66 valence electrons. The molecule has 0 unspecified atom stereocenters. The zero-order valence-corrected chi connectivity index (χ0v) is 8.27. The van der Waals surface area contributed by atoms with Crippen molar-refractivity contribution >= 4 is 41.3 Å². The maximum absolute atomic E-state index is 8.77. The van der Waals surface area contributed by atoms with Crippen LogP contribution in [0.5, 0.6) is 0 Å². The largest absolute Gasteiger partial charge is 0.469 e. The summed E-state index contributed by atoms with van der Waals surface area (Å²) in [6.45, 7) is 0. The van der Waals surface area contributed by atoms with Gasteiger partial charge in [0.1, 0.15) is 0 Å². The molecular formula is C7H6Cl2O2S. The number of benzene rings is 1. The molecule has 0 atom stereocenters. The molecule has 0 saturated heterocycles. The van der Waals surface area contributed by atoms with Gasteiger partial charge >= 0.3 is 5.43 Å². The van der Waals surface area contributed by atoms with Crippen LogP contribution in [0, 0.1) is 0 Å². The molecule has 2 nitrogen and oxygen atoms in total. The van der Waals surface area contributed by atoms with Gasteiger partial charge in [0.2, 0.25) is 0 Å². The highest BCUT2D eigenvalue weighted by Gasteiger charge is 1.82. The molecule has 0 aliphatic rings. The van der Waals surface area contributed by atoms with Gasteiger partial charge in [0.25, 0.3) is 0 Å². The van der Waals surface area contributed by atoms with Crippen LogP contribution < -0.4 is 0 Å². The summed E-state index contributed by atoms with van der Waals surface area (Å²) in [5.41, 5.74) is -1.36. The van der Waals surface area contributed by atoms with Crippen LogP contribution in [0.15, 0.2) is 29.2 Å². The van der Waals surface area contributed by atoms with Crippen LogP contribution in [0.25, 0.3) is 0 Å². The summed E-state index contributed by atoms with van der Waals surface area (Å²) in [4.78, 5) is 9.70. The smallest absolute Gasteiger partial charge is 0.401 e. The first-order chi connectivity index (χ1) is 5.52. The van der Waals surface area contributed by atoms with Crippen molar-refractivity contribution in [2.24, 2.45) is 0 Å². The Labute approximate surface area is 85.5 Å². The van der Waals surface area contributed by atoms with Gasteiger partial charge in [0, 0.05) is 21.5 Å². The lowest BCUT2D eigenvalue weighted by atomic mass is 10.4. The van der Waals surface area contributed by atoms with Crippen molar-refractivity contribution in [1.82, 2.24) is 0 Å². The second kappa shape index (κ2) is 6.17. The van der Waals surface area contributed by atoms with Crippen LogP contribution in [0.1, 0.15) is 0 Å². The average molecular weight is 225 g/mol. The number of rotatable bonds is 0. The van der Waals surface area contributed by atoms with E-state index in [1.807, 2.05) is 24.3 Å². The third-order valence-corrected chi connectivity index (χ3v) is 1.38. The van der Waals surface area contributed by atoms with Crippen LogP contribution in [0.2, 0.25) is 5.02 Å². The normalized spacial score (nSPS) is 8.25. The fraction of sp³-hybridized carbons (Fsp3) is 0. The van der Waals surface area contributed by atoms with E-state index in [9.17, 15) is 0 Å². The van der Waals surface area contributed by atoms with Crippen molar-refractivity contribution in [3.63, 3.8) is 0 Å². The van der Waals surface area contributed by atoms with Gasteiger partial charge in [-0.05, 0) is 24.3 Å². The molecule has 1 aromatic rings. The fourth-order valence-electron chi connectivity index (χ4n) is 0.441. The molecule has 0 radical (unpaired) electrons. The SMILES string of the molecule is O=C(O)Cl.Sc1ccc(Cl)cc1. The predicted octanol–water partition coefficient (Wildman–Crippen LogP) is 3.53. The Balaban J connectivity index is 0.000000261. The summed E-state index contributed by atoms with van der Waals surface area (Å²) < 4.78 is 0. The molecule has 1 N–H and O–H groups in total. The molecular weight excluding hydrogens is 219 g/mol. The molecule has 0 aliphatic carbocycles. The van der Waals surface area contributed by atoms with E-state index in [2.05, 4.69) is 24.2 Å². The van der Waals surface area contributed by atoms with Gasteiger partial charge in [-0.15, -0.1) is 12.6 Å². The predicted molar refractivity (Wildman–Crippen MR) is 52.6 cm³/mol. The van der Waals surface area contributed by atoms with Crippen molar-refractivity contribution < 1.29 is 9.90 Å². The summed E-state index contributed by atoms with van der Waals surface area (Å²) in [5, 5.41) is 7.93. The molecule has 0 aromatic heterocycles. The Hall–Kier alpha value is -0.380. The minimum absolute atomic E-state index is 0.753. The second-order valence-electron chi connectivity index (χ2n) is 1.73. The molecule has 1 aromatic carbocycles. The van der Waals surface area contributed by atoms with E-state index in [1.54, 1.807) is 0 Å². The minimum atomic E-state index is -1.36. The lowest BCUT2D eigenvalue weighted by Crippen LogP contribution is -1.66. The molecule has 0 aliphatic heterocycles. The maximum Gasteiger partial charge on any atom is 0.401 e. The number of hydrogen-bond acceptors (Lipinski definition) is 2. The van der Waals surface area contributed by atoms with Gasteiger partial charge in [-0.25, -0.2) is 4.79 Å². The van der Waals surface area contributed by atoms with Crippen molar-refractivity contribution in [2.45, 2.75) is 4.90 Å². The summed E-state index contributed by atoms with van der Waals surface area (Å²) in [6, 6.07) is 7.32. The van der Waals surface area contributed by atoms with E-state index in [0.717, 1.165) is 9.92 Å². The summed E-state index contributed by atoms with van der Waals surface area (Å²) in [7, 11) is 0. The quantitative estimate of drug-likeness (QED) is 0.523. The highest BCUT2D eigenvalue weighted by atomic mass is 35.5. The molecule has 1 rings (SSSR count). The second-order valence-corrected chi connectivity index (χ2v) is 3.01. The summed E-state index contributed by atoms with van der Waals surface area (Å²) >= 11 is 13.8. The van der Waals surface area contributed by atoms with Gasteiger partial charge in [-0.1, -0.05) is 11.6 Å². The monoisotopic (exact) mass is 224 g/mol. The Bertz CT molecular complexity index is 223. The van der Waals surface area contributed by atoms with Gasteiger partial charge in [0.05, 0.1) is 0 Å². The van der Waals surface area contributed by atoms with E-state index >= 15 is 0 Å². The molecule has 0 spiro atoms. The lowest BCUT2D eigenvalue weighted by Gasteiger charge is -1.87. The number of halogens is 2. The van der Waals surface area contributed by atoms with Gasteiger partial charge in [-0.2, -0.15) is 0 Å². The number of carboxylic acid groups (broad SMARTS) is 1. The molecule has 0 heterocycles. The molecule has 0 saturated carbocycles. The first-order valence-electron chi connectivity index (χ1n) is 2.85. The molecule has 0 fully saturated rings. The van der Waals surface area contributed by atoms with Crippen molar-refractivity contribution in [1.29, 1.82) is 0 Å². The third kappa shape index (κ3) is 7.72. The summed E-state index contributed by atoms with van der Waals surface area (Å²) in [5.74, 6) is 0. The number of carbonyl (C=O) groups is 1. The Kier molecular flexibility index (Phi) is 5.98. The first kappa shape index (κ1) is 11.6. The fourth-order valence-corrected chi connectivity index (χ4v) is 0.716. The van der Waals surface area contributed by atoms with Crippen molar-refractivity contribution in [3.05, 3.63) is 29.3 Å². The Morgan fingerprint density at radius 1 is 1.33 bits per heavy atom. The topological polar surface area (TPSA) is 37.3 Å². The number of thiol groups is 1. The highest BCUT2D eigenvalue weighted by Crippen LogP contribution is 2.11. The molecule has 0 amide bonds. The lowest BCUT2D eigenvalue weighted by molar-refractivity contribution is 0.220. The highest BCUT2D eigenvalue weighted by molar-refractivity contribution is 7.80. The van der Waals surface area contributed by atoms with Gasteiger partial charge in [0.15, 0.2) is 0 Å². The first-order valence-corrected chi connectivity index (χ1v) is 4.05. The van der Waals surface area contributed by atoms with Crippen LogP contribution in [0.3, 0.4) is 0 Å². The van der Waals surface area contributed by atoms with Crippen LogP contribution in [-0.4, -0.2) is 10.5 Å². The zero-order chi connectivity index (χ0) is 9.56. The van der Waals surface area contributed by atoms with E-state index in [1.165, 1.54) is 0 Å². The Morgan fingerprint density at radius 2 is 1.67 bits per heavy atom. The van der Waals surface area contributed by atoms with E-state index in [-0.39, 0.29) is 0 Å². The Morgan fingerprint density at radius 3 is 1.92 bits per heavy atom. The third-order valence-electron chi connectivity index (χ3n) is 0.827. The van der Waals surface area contributed by atoms with Crippen LogP contribution >= 0.6 is 35.8 Å². The zero-order valence-electron chi connectivity index (χ0n) is 5.87. The van der Waals surface area contributed by atoms with Crippen molar-refractivity contribution in [2.75, 3.05) is 0 Å². The van der Waals surface area contributed by atoms with E-state index in [4.69, 9.17) is 21.5 Å². The maximum atomic E-state index is 8.77. The molecule has 5 heteroatoms. The molecule has 0 bridgehead atoms. The minimum Gasteiger partial charge on any atom is -0.469 e. The van der Waals surface area contributed by atoms with Crippen molar-refractivity contribution in [3.8, 4) is 0 Å². The van der Waals surface area contributed by atoms with Crippen LogP contribution in [0.4, 0.5) is 4.79 Å². The average Bonchev–Trinajstić information content (AvgIpc) is 1.94. The number of hydrogen-bond donors (Lipinski definition) is 2. The molecule has 12 heavy (non-hydrogen) atoms. The van der Waals surface area contributed by atoms with E-state index in [0.29, 0.717) is 0 Å². The van der Waals surface area contributed by atoms with Gasteiger partial charge in [-0.3, -0.25) is 0 Å². The summed E-state index contributed by atoms with van der Waals surface area (Å²) in [6.07, 6.45) is 0. The standard InChI is InChI=1S/C6H5ClS.CHClO2/c7-5-1-3-6(8)4-2-5;2-1(3)4/h1-4,8H;(H,3,4). The van der Waals surface area contributed by atoms with E-state index < -0.39 is 5.43 Å².